The van der Waals surface area contributed by atoms with Crippen LogP contribution in [0.1, 0.15) is 28.9 Å². The fourth-order valence-corrected chi connectivity index (χ4v) is 4.06. The number of nitrogens with zero attached hydrogens (tertiary/aromatic N) is 1. The van der Waals surface area contributed by atoms with Crippen LogP contribution in [0, 0.1) is 0 Å². The first kappa shape index (κ1) is 23.0. The molecule has 1 atom stereocenters. The summed E-state index contributed by atoms with van der Waals surface area (Å²) in [5.41, 5.74) is 1.92. The molecule has 0 saturated carbocycles. The number of carbonyl (C=O) groups is 2. The summed E-state index contributed by atoms with van der Waals surface area (Å²) in [5, 5.41) is 5.59. The number of para-hydroxylation sites is 2. The first-order valence-corrected chi connectivity index (χ1v) is 11.9. The Bertz CT molecular complexity index is 1180. The first-order valence-electron chi connectivity index (χ1n) is 10.0. The topological polar surface area (TPSA) is 95.6 Å². The van der Waals surface area contributed by atoms with E-state index in [4.69, 9.17) is 0 Å². The van der Waals surface area contributed by atoms with Crippen LogP contribution in [0.3, 0.4) is 0 Å². The molecule has 166 valence electrons. The molecule has 3 aromatic carbocycles. The summed E-state index contributed by atoms with van der Waals surface area (Å²) in [6, 6.07) is 24.3. The smallest absolute Gasteiger partial charge is 0.253 e. The Morgan fingerprint density at radius 2 is 1.44 bits per heavy atom. The maximum atomic E-state index is 12.9. The van der Waals surface area contributed by atoms with Crippen molar-refractivity contribution in [3.8, 4) is 0 Å². The lowest BCUT2D eigenvalue weighted by Gasteiger charge is -2.22. The van der Waals surface area contributed by atoms with Crippen LogP contribution in [0.2, 0.25) is 0 Å². The Labute approximate surface area is 188 Å². The van der Waals surface area contributed by atoms with E-state index in [2.05, 4.69) is 10.6 Å². The van der Waals surface area contributed by atoms with Gasteiger partial charge in [0.25, 0.3) is 5.91 Å². The SMILES string of the molecule is C[C@@H](NC(=O)c1ccccc1NC(=O)CN(c1ccccc1)S(C)(=O)=O)c1ccccc1. The zero-order valence-corrected chi connectivity index (χ0v) is 18.7. The highest BCUT2D eigenvalue weighted by atomic mass is 32.2. The normalized spacial score (nSPS) is 11.9. The van der Waals surface area contributed by atoms with Crippen molar-refractivity contribution in [2.75, 3.05) is 22.4 Å². The van der Waals surface area contributed by atoms with Crippen molar-refractivity contribution in [3.05, 3.63) is 96.1 Å². The van der Waals surface area contributed by atoms with Crippen LogP contribution in [-0.2, 0) is 14.8 Å². The van der Waals surface area contributed by atoms with E-state index < -0.39 is 22.5 Å². The van der Waals surface area contributed by atoms with Crippen LogP contribution in [0.15, 0.2) is 84.9 Å². The van der Waals surface area contributed by atoms with Gasteiger partial charge in [-0.05, 0) is 36.8 Å². The van der Waals surface area contributed by atoms with Crippen molar-refractivity contribution in [2.24, 2.45) is 0 Å². The molecule has 7 nitrogen and oxygen atoms in total. The number of sulfonamides is 1. The lowest BCUT2D eigenvalue weighted by atomic mass is 10.1. The van der Waals surface area contributed by atoms with Gasteiger partial charge in [0.2, 0.25) is 15.9 Å². The molecule has 0 spiro atoms. The number of anilines is 2. The quantitative estimate of drug-likeness (QED) is 0.547. The van der Waals surface area contributed by atoms with Gasteiger partial charge < -0.3 is 10.6 Å². The molecule has 0 unspecified atom stereocenters. The van der Waals surface area contributed by atoms with E-state index in [9.17, 15) is 18.0 Å². The van der Waals surface area contributed by atoms with Crippen LogP contribution in [-0.4, -0.2) is 33.0 Å². The fourth-order valence-electron chi connectivity index (χ4n) is 3.20. The second-order valence-electron chi connectivity index (χ2n) is 7.30. The average Bonchev–Trinajstić information content (AvgIpc) is 2.78. The molecule has 0 saturated heterocycles. The molecular formula is C24H25N3O4S. The summed E-state index contributed by atoms with van der Waals surface area (Å²) in [5.74, 6) is -0.907. The van der Waals surface area contributed by atoms with Gasteiger partial charge in [-0.15, -0.1) is 0 Å². The zero-order chi connectivity index (χ0) is 23.1. The molecule has 0 aliphatic heterocycles. The minimum absolute atomic E-state index is 0.230. The van der Waals surface area contributed by atoms with Crippen molar-refractivity contribution in [1.29, 1.82) is 0 Å². The Hall–Kier alpha value is -3.65. The van der Waals surface area contributed by atoms with Crippen molar-refractivity contribution in [1.82, 2.24) is 5.32 Å². The second kappa shape index (κ2) is 10.1. The Morgan fingerprint density at radius 1 is 0.875 bits per heavy atom. The highest BCUT2D eigenvalue weighted by Crippen LogP contribution is 2.20. The molecule has 2 amide bonds. The molecule has 0 radical (unpaired) electrons. The van der Waals surface area contributed by atoms with Crippen LogP contribution >= 0.6 is 0 Å². The molecule has 32 heavy (non-hydrogen) atoms. The summed E-state index contributed by atoms with van der Waals surface area (Å²) in [4.78, 5) is 25.6. The summed E-state index contributed by atoms with van der Waals surface area (Å²) < 4.78 is 25.5. The number of carbonyl (C=O) groups excluding carboxylic acids is 2. The van der Waals surface area contributed by atoms with E-state index in [-0.39, 0.29) is 17.5 Å². The molecule has 0 bridgehead atoms. The van der Waals surface area contributed by atoms with E-state index in [1.54, 1.807) is 54.6 Å². The fraction of sp³-hybridized carbons (Fsp3) is 0.167. The van der Waals surface area contributed by atoms with Gasteiger partial charge in [-0.1, -0.05) is 60.7 Å². The standard InChI is InChI=1S/C24H25N3O4S/c1-18(19-11-5-3-6-12-19)25-24(29)21-15-9-10-16-22(21)26-23(28)17-27(32(2,30)31)20-13-7-4-8-14-20/h3-16,18H,17H2,1-2H3,(H,25,29)(H,26,28)/t18-/m1/s1. The number of amides is 2. The minimum atomic E-state index is -3.69. The van der Waals surface area contributed by atoms with Crippen LogP contribution in [0.25, 0.3) is 0 Å². The number of benzene rings is 3. The van der Waals surface area contributed by atoms with Crippen molar-refractivity contribution >= 4 is 33.2 Å². The predicted octanol–water partition coefficient (Wildman–Crippen LogP) is 3.58. The van der Waals surface area contributed by atoms with Gasteiger partial charge in [-0.2, -0.15) is 0 Å². The minimum Gasteiger partial charge on any atom is -0.345 e. The van der Waals surface area contributed by atoms with Crippen LogP contribution in [0.4, 0.5) is 11.4 Å². The Kier molecular flexibility index (Phi) is 7.27. The molecule has 2 N–H and O–H groups in total. The zero-order valence-electron chi connectivity index (χ0n) is 17.9. The second-order valence-corrected chi connectivity index (χ2v) is 9.21. The van der Waals surface area contributed by atoms with E-state index in [0.717, 1.165) is 16.1 Å². The molecule has 0 aliphatic rings. The third-order valence-corrected chi connectivity index (χ3v) is 5.97. The van der Waals surface area contributed by atoms with Gasteiger partial charge >= 0.3 is 0 Å². The van der Waals surface area contributed by atoms with Crippen molar-refractivity contribution in [3.63, 3.8) is 0 Å². The van der Waals surface area contributed by atoms with E-state index in [1.165, 1.54) is 0 Å². The molecule has 0 heterocycles. The van der Waals surface area contributed by atoms with Gasteiger partial charge in [0.1, 0.15) is 6.54 Å². The maximum absolute atomic E-state index is 12.9. The number of rotatable bonds is 8. The van der Waals surface area contributed by atoms with Gasteiger partial charge in [0, 0.05) is 0 Å². The molecular weight excluding hydrogens is 426 g/mol. The highest BCUT2D eigenvalue weighted by Gasteiger charge is 2.22. The number of hydrogen-bond acceptors (Lipinski definition) is 4. The molecule has 0 aliphatic carbocycles. The summed E-state index contributed by atoms with van der Waals surface area (Å²) in [6.45, 7) is 1.46. The van der Waals surface area contributed by atoms with Crippen molar-refractivity contribution in [2.45, 2.75) is 13.0 Å². The Morgan fingerprint density at radius 3 is 2.06 bits per heavy atom. The van der Waals surface area contributed by atoms with Gasteiger partial charge in [0.15, 0.2) is 0 Å². The van der Waals surface area contributed by atoms with Crippen LogP contribution in [0.5, 0.6) is 0 Å². The largest absolute Gasteiger partial charge is 0.345 e. The number of hydrogen-bond donors (Lipinski definition) is 2. The summed E-state index contributed by atoms with van der Waals surface area (Å²) in [6.07, 6.45) is 1.04. The van der Waals surface area contributed by atoms with Crippen molar-refractivity contribution < 1.29 is 18.0 Å². The molecule has 3 rings (SSSR count). The first-order chi connectivity index (χ1) is 15.3. The van der Waals surface area contributed by atoms with E-state index >= 15 is 0 Å². The van der Waals surface area contributed by atoms with Gasteiger partial charge in [-0.3, -0.25) is 13.9 Å². The maximum Gasteiger partial charge on any atom is 0.253 e. The predicted molar refractivity (Wildman–Crippen MR) is 126 cm³/mol. The molecule has 0 fully saturated rings. The lowest BCUT2D eigenvalue weighted by Crippen LogP contribution is -2.37. The summed E-state index contributed by atoms with van der Waals surface area (Å²) in [7, 11) is -3.69. The van der Waals surface area contributed by atoms with Gasteiger partial charge in [-0.25, -0.2) is 8.42 Å². The molecule has 3 aromatic rings. The number of nitrogens with one attached hydrogen (secondary N) is 2. The Balaban J connectivity index is 1.75. The summed E-state index contributed by atoms with van der Waals surface area (Å²) >= 11 is 0. The molecule has 8 heteroatoms. The monoisotopic (exact) mass is 451 g/mol. The van der Waals surface area contributed by atoms with E-state index in [1.807, 2.05) is 37.3 Å². The van der Waals surface area contributed by atoms with Gasteiger partial charge in [0.05, 0.1) is 29.2 Å². The third kappa shape index (κ3) is 5.95. The lowest BCUT2D eigenvalue weighted by molar-refractivity contribution is -0.114. The molecule has 0 aromatic heterocycles. The average molecular weight is 452 g/mol. The van der Waals surface area contributed by atoms with E-state index in [0.29, 0.717) is 11.4 Å². The van der Waals surface area contributed by atoms with Crippen LogP contribution < -0.4 is 14.9 Å². The highest BCUT2D eigenvalue weighted by molar-refractivity contribution is 7.92. The third-order valence-electron chi connectivity index (χ3n) is 4.82.